The molecule has 4 nitrogen and oxygen atoms in total. The minimum absolute atomic E-state index is 0.0583. The van der Waals surface area contributed by atoms with Crippen molar-refractivity contribution < 1.29 is 4.79 Å². The molecule has 2 heterocycles. The monoisotopic (exact) mass is 501 g/mol. The van der Waals surface area contributed by atoms with Crippen LogP contribution in [-0.4, -0.2) is 15.7 Å². The molecule has 4 rings (SSSR count). The highest BCUT2D eigenvalue weighted by molar-refractivity contribution is 7.16. The molecule has 0 spiro atoms. The molecule has 0 radical (unpaired) electrons. The van der Waals surface area contributed by atoms with Crippen LogP contribution >= 0.6 is 34.5 Å². The number of carbonyl (C=O) groups excluding carboxylic acids is 1. The van der Waals surface area contributed by atoms with E-state index in [4.69, 9.17) is 28.3 Å². The number of hydrogen-bond donors (Lipinski definition) is 1. The Morgan fingerprint density at radius 2 is 2.00 bits per heavy atom. The summed E-state index contributed by atoms with van der Waals surface area (Å²) >= 11 is 14.4. The lowest BCUT2D eigenvalue weighted by Crippen LogP contribution is -2.25. The number of rotatable bonds is 7. The van der Waals surface area contributed by atoms with Crippen molar-refractivity contribution in [2.75, 3.05) is 5.32 Å². The highest BCUT2D eigenvalue weighted by Crippen LogP contribution is 2.38. The summed E-state index contributed by atoms with van der Waals surface area (Å²) in [5.74, 6) is 0.705. The van der Waals surface area contributed by atoms with Crippen LogP contribution in [0.4, 0.5) is 5.82 Å². The zero-order valence-electron chi connectivity index (χ0n) is 19.0. The van der Waals surface area contributed by atoms with Crippen molar-refractivity contribution in [2.45, 2.75) is 58.8 Å². The van der Waals surface area contributed by atoms with Crippen molar-refractivity contribution in [3.8, 4) is 16.3 Å². The normalized spacial score (nSPS) is 14.8. The topological polar surface area (TPSA) is 46.9 Å². The van der Waals surface area contributed by atoms with Crippen LogP contribution in [0.2, 0.25) is 10.0 Å². The molecule has 0 atom stereocenters. The fraction of sp³-hybridized carbons (Fsp3) is 0.385. The number of aromatic nitrogens is 2. The number of hydrogen-bond acceptors (Lipinski definition) is 3. The van der Waals surface area contributed by atoms with Crippen LogP contribution in [0.1, 0.15) is 62.3 Å². The molecule has 2 aromatic heterocycles. The van der Waals surface area contributed by atoms with Crippen LogP contribution in [0, 0.1) is 12.8 Å². The standard InChI is InChI=1S/C26H29Cl2N3OS/c1-3-4-6-11-20-13-15-23(33-20)24-17(2)25(29-26(32)18-9-7-5-8-10-18)30-31(24)22-14-12-19(27)16-21(22)28/h6,11-16,18H,3-5,7-10H2,1-2H3,(H,29,30,32). The summed E-state index contributed by atoms with van der Waals surface area (Å²) in [6, 6.07) is 9.60. The number of halogens is 2. The first kappa shape index (κ1) is 24.1. The summed E-state index contributed by atoms with van der Waals surface area (Å²) in [7, 11) is 0. The van der Waals surface area contributed by atoms with E-state index in [9.17, 15) is 4.79 Å². The quantitative estimate of drug-likeness (QED) is 0.352. The van der Waals surface area contributed by atoms with Gasteiger partial charge in [0.15, 0.2) is 5.82 Å². The minimum atomic E-state index is 0.0583. The van der Waals surface area contributed by atoms with E-state index in [0.29, 0.717) is 15.9 Å². The van der Waals surface area contributed by atoms with Crippen molar-refractivity contribution in [3.63, 3.8) is 0 Å². The summed E-state index contributed by atoms with van der Waals surface area (Å²) in [6.45, 7) is 4.18. The Hall–Kier alpha value is -2.08. The fourth-order valence-corrected chi connectivity index (χ4v) is 5.77. The van der Waals surface area contributed by atoms with Gasteiger partial charge in [0.2, 0.25) is 5.91 Å². The van der Waals surface area contributed by atoms with Gasteiger partial charge < -0.3 is 5.32 Å². The van der Waals surface area contributed by atoms with Gasteiger partial charge in [-0.05, 0) is 62.6 Å². The van der Waals surface area contributed by atoms with Gasteiger partial charge in [-0.2, -0.15) is 0 Å². The second-order valence-corrected chi connectivity index (χ2v) is 10.5. The Labute approximate surface area is 209 Å². The van der Waals surface area contributed by atoms with Crippen molar-refractivity contribution in [2.24, 2.45) is 5.92 Å². The second kappa shape index (κ2) is 10.9. The number of nitrogens with zero attached hydrogens (tertiary/aromatic N) is 2. The Bertz CT molecular complexity index is 1160. The predicted molar refractivity (Wildman–Crippen MR) is 141 cm³/mol. The molecule has 0 aliphatic heterocycles. The molecule has 33 heavy (non-hydrogen) atoms. The van der Waals surface area contributed by atoms with E-state index in [1.165, 1.54) is 11.3 Å². The molecule has 0 bridgehead atoms. The van der Waals surface area contributed by atoms with Crippen LogP contribution in [-0.2, 0) is 4.79 Å². The third kappa shape index (κ3) is 5.53. The van der Waals surface area contributed by atoms with E-state index in [1.54, 1.807) is 23.5 Å². The van der Waals surface area contributed by atoms with E-state index >= 15 is 0 Å². The van der Waals surface area contributed by atoms with Crippen LogP contribution in [0.3, 0.4) is 0 Å². The summed E-state index contributed by atoms with van der Waals surface area (Å²) in [6.07, 6.45) is 11.9. The fourth-order valence-electron chi connectivity index (χ4n) is 4.25. The van der Waals surface area contributed by atoms with Gasteiger partial charge in [-0.3, -0.25) is 4.79 Å². The summed E-state index contributed by atoms with van der Waals surface area (Å²) in [5, 5.41) is 9.00. The maximum Gasteiger partial charge on any atom is 0.228 e. The van der Waals surface area contributed by atoms with Gasteiger partial charge in [0, 0.05) is 21.4 Å². The number of benzene rings is 1. The lowest BCUT2D eigenvalue weighted by atomic mass is 9.88. The number of allylic oxidation sites excluding steroid dienone is 1. The van der Waals surface area contributed by atoms with Crippen LogP contribution in [0.25, 0.3) is 22.3 Å². The van der Waals surface area contributed by atoms with E-state index in [-0.39, 0.29) is 11.8 Å². The molecule has 1 N–H and O–H groups in total. The van der Waals surface area contributed by atoms with Crippen LogP contribution in [0.15, 0.2) is 36.4 Å². The third-order valence-electron chi connectivity index (χ3n) is 6.08. The van der Waals surface area contributed by atoms with Crippen LogP contribution in [0.5, 0.6) is 0 Å². The number of carbonyl (C=O) groups is 1. The van der Waals surface area contributed by atoms with Crippen molar-refractivity contribution in [1.29, 1.82) is 0 Å². The molecule has 3 aromatic rings. The lowest BCUT2D eigenvalue weighted by Gasteiger charge is -2.20. The molecular weight excluding hydrogens is 473 g/mol. The molecule has 1 fully saturated rings. The molecule has 1 aliphatic carbocycles. The van der Waals surface area contributed by atoms with Gasteiger partial charge in [0.05, 0.1) is 21.3 Å². The SMILES string of the molecule is CCCC=Cc1ccc(-c2c(C)c(NC(=O)C3CCCCC3)nn2-c2ccc(Cl)cc2Cl)s1. The molecule has 1 aromatic carbocycles. The van der Waals surface area contributed by atoms with E-state index in [1.807, 2.05) is 17.7 Å². The van der Waals surface area contributed by atoms with E-state index in [0.717, 1.165) is 60.3 Å². The van der Waals surface area contributed by atoms with Gasteiger partial charge in [0.1, 0.15) is 0 Å². The van der Waals surface area contributed by atoms with Gasteiger partial charge in [-0.1, -0.05) is 61.9 Å². The lowest BCUT2D eigenvalue weighted by molar-refractivity contribution is -0.120. The summed E-state index contributed by atoms with van der Waals surface area (Å²) < 4.78 is 1.83. The van der Waals surface area contributed by atoms with E-state index < -0.39 is 0 Å². The van der Waals surface area contributed by atoms with Gasteiger partial charge in [-0.15, -0.1) is 16.4 Å². The first-order valence-corrected chi connectivity index (χ1v) is 13.2. The summed E-state index contributed by atoms with van der Waals surface area (Å²) in [5.41, 5.74) is 2.59. The highest BCUT2D eigenvalue weighted by atomic mass is 35.5. The first-order valence-electron chi connectivity index (χ1n) is 11.6. The first-order chi connectivity index (χ1) is 16.0. The van der Waals surface area contributed by atoms with Gasteiger partial charge in [0.25, 0.3) is 0 Å². The number of nitrogens with one attached hydrogen (secondary N) is 1. The number of amides is 1. The van der Waals surface area contributed by atoms with Crippen LogP contribution < -0.4 is 5.32 Å². The molecular formula is C26H29Cl2N3OS. The molecule has 1 saturated carbocycles. The minimum Gasteiger partial charge on any atom is -0.309 e. The van der Waals surface area contributed by atoms with E-state index in [2.05, 4.69) is 36.5 Å². The molecule has 0 saturated heterocycles. The molecule has 1 aliphatic rings. The zero-order chi connectivity index (χ0) is 23.4. The third-order valence-corrected chi connectivity index (χ3v) is 7.67. The summed E-state index contributed by atoms with van der Waals surface area (Å²) in [4.78, 5) is 15.2. The number of unbranched alkanes of at least 4 members (excludes halogenated alkanes) is 1. The number of anilines is 1. The Kier molecular flexibility index (Phi) is 7.94. The highest BCUT2D eigenvalue weighted by Gasteiger charge is 2.25. The van der Waals surface area contributed by atoms with Crippen molar-refractivity contribution >= 4 is 52.3 Å². The molecule has 174 valence electrons. The van der Waals surface area contributed by atoms with Crippen molar-refractivity contribution in [1.82, 2.24) is 9.78 Å². The van der Waals surface area contributed by atoms with Gasteiger partial charge in [-0.25, -0.2) is 4.68 Å². The Morgan fingerprint density at radius 1 is 1.21 bits per heavy atom. The maximum atomic E-state index is 13.0. The Balaban J connectivity index is 1.74. The average molecular weight is 503 g/mol. The molecule has 7 heteroatoms. The average Bonchev–Trinajstić information content (AvgIpc) is 3.39. The predicted octanol–water partition coefficient (Wildman–Crippen LogP) is 8.55. The van der Waals surface area contributed by atoms with Gasteiger partial charge >= 0.3 is 0 Å². The van der Waals surface area contributed by atoms with Crippen molar-refractivity contribution in [3.05, 3.63) is 56.9 Å². The molecule has 0 unspecified atom stereocenters. The zero-order valence-corrected chi connectivity index (χ0v) is 21.4. The largest absolute Gasteiger partial charge is 0.309 e. The number of thiophene rings is 1. The molecule has 1 amide bonds. The maximum absolute atomic E-state index is 13.0. The second-order valence-electron chi connectivity index (χ2n) is 8.55. The smallest absolute Gasteiger partial charge is 0.228 e. The Morgan fingerprint density at radius 3 is 2.73 bits per heavy atom.